The van der Waals surface area contributed by atoms with Crippen LogP contribution in [0.2, 0.25) is 5.15 Å². The normalized spacial score (nSPS) is 12.0. The number of hydrogen-bond donors (Lipinski definition) is 1. The minimum Gasteiger partial charge on any atom is -0.467 e. The van der Waals surface area contributed by atoms with Crippen LogP contribution in [0.4, 0.5) is 5.69 Å². The molecule has 1 aromatic rings. The van der Waals surface area contributed by atoms with Crippen LogP contribution in [-0.4, -0.2) is 24.1 Å². The Balaban J connectivity index is 2.85. The molecule has 0 aromatic carbocycles. The van der Waals surface area contributed by atoms with Crippen LogP contribution < -0.4 is 5.32 Å². The number of carbonyl (C=O) groups is 1. The number of hydrogen-bond acceptors (Lipinski definition) is 4. The van der Waals surface area contributed by atoms with Crippen molar-refractivity contribution in [1.82, 2.24) is 4.98 Å². The molecular formula is C11H15ClN2O2. The van der Waals surface area contributed by atoms with Crippen molar-refractivity contribution in [2.75, 3.05) is 12.4 Å². The Morgan fingerprint density at radius 1 is 1.69 bits per heavy atom. The fourth-order valence-corrected chi connectivity index (χ4v) is 1.47. The molecule has 0 aliphatic heterocycles. The van der Waals surface area contributed by atoms with Gasteiger partial charge in [-0.3, -0.25) is 0 Å². The van der Waals surface area contributed by atoms with Gasteiger partial charge in [-0.05, 0) is 25.0 Å². The highest BCUT2D eigenvalue weighted by atomic mass is 35.5. The predicted octanol–water partition coefficient (Wildman–Crippen LogP) is 2.41. The second-order valence-electron chi connectivity index (χ2n) is 3.48. The zero-order valence-electron chi connectivity index (χ0n) is 9.58. The molecule has 0 fully saturated rings. The molecule has 1 aromatic heterocycles. The molecule has 0 aliphatic carbocycles. The molecule has 16 heavy (non-hydrogen) atoms. The lowest BCUT2D eigenvalue weighted by Gasteiger charge is -2.16. The van der Waals surface area contributed by atoms with Gasteiger partial charge in [-0.15, -0.1) is 0 Å². The lowest BCUT2D eigenvalue weighted by atomic mass is 10.2. The first-order valence-electron chi connectivity index (χ1n) is 5.05. The molecule has 0 saturated heterocycles. The fraction of sp³-hybridized carbons (Fsp3) is 0.455. The minimum atomic E-state index is -0.397. The number of aryl methyl sites for hydroxylation is 1. The van der Waals surface area contributed by atoms with E-state index in [-0.39, 0.29) is 5.97 Å². The van der Waals surface area contributed by atoms with E-state index in [1.807, 2.05) is 19.9 Å². The van der Waals surface area contributed by atoms with E-state index in [0.29, 0.717) is 17.3 Å². The standard InChI is InChI=1S/C11H15ClN2O2/c1-4-8(11(15)16-3)14-9-5-7(2)6-13-10(9)12/h5-6,8,14H,4H2,1-3H3. The van der Waals surface area contributed by atoms with Gasteiger partial charge in [0.1, 0.15) is 6.04 Å². The molecule has 1 rings (SSSR count). The van der Waals surface area contributed by atoms with Crippen LogP contribution in [0.1, 0.15) is 18.9 Å². The molecule has 0 spiro atoms. The smallest absolute Gasteiger partial charge is 0.328 e. The lowest BCUT2D eigenvalue weighted by molar-refractivity contribution is -0.141. The van der Waals surface area contributed by atoms with E-state index in [1.54, 1.807) is 6.20 Å². The highest BCUT2D eigenvalue weighted by molar-refractivity contribution is 6.32. The second-order valence-corrected chi connectivity index (χ2v) is 3.84. The fourth-order valence-electron chi connectivity index (χ4n) is 1.31. The Labute approximate surface area is 100.0 Å². The van der Waals surface area contributed by atoms with Gasteiger partial charge in [-0.25, -0.2) is 9.78 Å². The minimum absolute atomic E-state index is 0.305. The quantitative estimate of drug-likeness (QED) is 0.651. The van der Waals surface area contributed by atoms with E-state index in [1.165, 1.54) is 7.11 Å². The summed E-state index contributed by atoms with van der Waals surface area (Å²) in [6.45, 7) is 3.80. The molecule has 1 atom stereocenters. The number of rotatable bonds is 4. The third-order valence-corrected chi connectivity index (χ3v) is 2.50. The summed E-state index contributed by atoms with van der Waals surface area (Å²) in [4.78, 5) is 15.4. The largest absolute Gasteiger partial charge is 0.467 e. The first-order chi connectivity index (χ1) is 7.58. The maximum atomic E-state index is 11.4. The average molecular weight is 243 g/mol. The van der Waals surface area contributed by atoms with Gasteiger partial charge in [0.2, 0.25) is 0 Å². The van der Waals surface area contributed by atoms with Gasteiger partial charge < -0.3 is 10.1 Å². The van der Waals surface area contributed by atoms with Crippen molar-refractivity contribution in [2.24, 2.45) is 0 Å². The van der Waals surface area contributed by atoms with Crippen molar-refractivity contribution < 1.29 is 9.53 Å². The molecule has 88 valence electrons. The number of methoxy groups -OCH3 is 1. The number of halogens is 1. The molecule has 1 unspecified atom stereocenters. The third kappa shape index (κ3) is 3.10. The summed E-state index contributed by atoms with van der Waals surface area (Å²) in [5, 5.41) is 3.37. The first kappa shape index (κ1) is 12.8. The van der Waals surface area contributed by atoms with Crippen molar-refractivity contribution in [3.05, 3.63) is 23.0 Å². The predicted molar refractivity (Wildman–Crippen MR) is 63.7 cm³/mol. The van der Waals surface area contributed by atoms with Crippen molar-refractivity contribution in [2.45, 2.75) is 26.3 Å². The Bertz CT molecular complexity index is 382. The number of carbonyl (C=O) groups excluding carboxylic acids is 1. The Morgan fingerprint density at radius 2 is 2.38 bits per heavy atom. The first-order valence-corrected chi connectivity index (χ1v) is 5.42. The monoisotopic (exact) mass is 242 g/mol. The second kappa shape index (κ2) is 5.70. The van der Waals surface area contributed by atoms with Crippen LogP contribution in [0, 0.1) is 6.92 Å². The highest BCUT2D eigenvalue weighted by Crippen LogP contribution is 2.21. The van der Waals surface area contributed by atoms with E-state index in [2.05, 4.69) is 15.0 Å². The number of nitrogens with zero attached hydrogens (tertiary/aromatic N) is 1. The number of nitrogens with one attached hydrogen (secondary N) is 1. The summed E-state index contributed by atoms with van der Waals surface area (Å²) in [7, 11) is 1.36. The van der Waals surface area contributed by atoms with Crippen molar-refractivity contribution >= 4 is 23.3 Å². The van der Waals surface area contributed by atoms with Crippen LogP contribution >= 0.6 is 11.6 Å². The van der Waals surface area contributed by atoms with Gasteiger partial charge >= 0.3 is 5.97 Å². The third-order valence-electron chi connectivity index (χ3n) is 2.20. The molecule has 0 amide bonds. The number of pyridine rings is 1. The van der Waals surface area contributed by atoms with Gasteiger partial charge in [0.25, 0.3) is 0 Å². The van der Waals surface area contributed by atoms with Gasteiger partial charge in [-0.1, -0.05) is 18.5 Å². The van der Waals surface area contributed by atoms with Crippen LogP contribution in [0.25, 0.3) is 0 Å². The Kier molecular flexibility index (Phi) is 4.55. The molecule has 4 nitrogen and oxygen atoms in total. The van der Waals surface area contributed by atoms with Crippen LogP contribution in [0.15, 0.2) is 12.3 Å². The van der Waals surface area contributed by atoms with Gasteiger partial charge in [0, 0.05) is 6.20 Å². The number of aromatic nitrogens is 1. The zero-order valence-corrected chi connectivity index (χ0v) is 10.3. The molecule has 1 heterocycles. The van der Waals surface area contributed by atoms with Crippen molar-refractivity contribution in [1.29, 1.82) is 0 Å². The van der Waals surface area contributed by atoms with E-state index in [9.17, 15) is 4.79 Å². The molecular weight excluding hydrogens is 228 g/mol. The molecule has 5 heteroatoms. The maximum Gasteiger partial charge on any atom is 0.328 e. The molecule has 0 radical (unpaired) electrons. The van der Waals surface area contributed by atoms with Crippen LogP contribution in [-0.2, 0) is 9.53 Å². The number of ether oxygens (including phenoxy) is 1. The van der Waals surface area contributed by atoms with Crippen LogP contribution in [0.5, 0.6) is 0 Å². The maximum absolute atomic E-state index is 11.4. The zero-order chi connectivity index (χ0) is 12.1. The lowest BCUT2D eigenvalue weighted by Crippen LogP contribution is -2.30. The van der Waals surface area contributed by atoms with E-state index >= 15 is 0 Å². The van der Waals surface area contributed by atoms with E-state index in [0.717, 1.165) is 5.56 Å². The van der Waals surface area contributed by atoms with Gasteiger partial charge in [0.05, 0.1) is 12.8 Å². The summed E-state index contributed by atoms with van der Waals surface area (Å²) in [6, 6.07) is 1.45. The summed E-state index contributed by atoms with van der Waals surface area (Å²) >= 11 is 5.92. The van der Waals surface area contributed by atoms with Gasteiger partial charge in [-0.2, -0.15) is 0 Å². The van der Waals surface area contributed by atoms with Crippen molar-refractivity contribution in [3.8, 4) is 0 Å². The van der Waals surface area contributed by atoms with Crippen molar-refractivity contribution in [3.63, 3.8) is 0 Å². The summed E-state index contributed by atoms with van der Waals surface area (Å²) in [5.74, 6) is -0.305. The highest BCUT2D eigenvalue weighted by Gasteiger charge is 2.17. The van der Waals surface area contributed by atoms with E-state index in [4.69, 9.17) is 11.6 Å². The Morgan fingerprint density at radius 3 is 2.94 bits per heavy atom. The number of anilines is 1. The van der Waals surface area contributed by atoms with Gasteiger partial charge in [0.15, 0.2) is 5.15 Å². The van der Waals surface area contributed by atoms with E-state index < -0.39 is 6.04 Å². The molecule has 0 aliphatic rings. The topological polar surface area (TPSA) is 51.2 Å². The molecule has 0 bridgehead atoms. The number of esters is 1. The van der Waals surface area contributed by atoms with Crippen LogP contribution in [0.3, 0.4) is 0 Å². The molecule has 0 saturated carbocycles. The summed E-state index contributed by atoms with van der Waals surface area (Å²) in [5.41, 5.74) is 1.63. The SMILES string of the molecule is CCC(Nc1cc(C)cnc1Cl)C(=O)OC. The Hall–Kier alpha value is -1.29. The summed E-state index contributed by atoms with van der Waals surface area (Å²) < 4.78 is 4.68. The summed E-state index contributed by atoms with van der Waals surface area (Å²) in [6.07, 6.45) is 2.30. The average Bonchev–Trinajstić information content (AvgIpc) is 2.29. The molecule has 1 N–H and O–H groups in total.